The van der Waals surface area contributed by atoms with E-state index in [4.69, 9.17) is 5.73 Å². The van der Waals surface area contributed by atoms with Crippen LogP contribution >= 0.6 is 15.9 Å². The summed E-state index contributed by atoms with van der Waals surface area (Å²) in [6, 6.07) is 3.40. The summed E-state index contributed by atoms with van der Waals surface area (Å²) in [6.45, 7) is 0. The van der Waals surface area contributed by atoms with E-state index in [0.29, 0.717) is 4.47 Å². The van der Waals surface area contributed by atoms with Crippen molar-refractivity contribution in [2.24, 2.45) is 5.73 Å². The molecule has 64 valence electrons. The van der Waals surface area contributed by atoms with Crippen molar-refractivity contribution in [2.45, 2.75) is 18.9 Å². The van der Waals surface area contributed by atoms with Crippen molar-refractivity contribution in [2.75, 3.05) is 0 Å². The van der Waals surface area contributed by atoms with Gasteiger partial charge in [-0.1, -0.05) is 0 Å². The highest BCUT2D eigenvalue weighted by atomic mass is 79.9. The molecule has 2 N–H and O–H groups in total. The maximum absolute atomic E-state index is 13.0. The molecule has 1 nitrogen and oxygen atoms in total. The SMILES string of the molecule is N[C@@H]1CCc2cc(Br)c(F)cc21. The quantitative estimate of drug-likeness (QED) is 0.728. The first kappa shape index (κ1) is 8.20. The Hall–Kier alpha value is -0.410. The molecule has 0 aliphatic heterocycles. The monoisotopic (exact) mass is 229 g/mol. The minimum absolute atomic E-state index is 0.0302. The van der Waals surface area contributed by atoms with Crippen molar-refractivity contribution in [1.82, 2.24) is 0 Å². The Morgan fingerprint density at radius 2 is 2.25 bits per heavy atom. The maximum Gasteiger partial charge on any atom is 0.137 e. The third kappa shape index (κ3) is 1.17. The van der Waals surface area contributed by atoms with Crippen LogP contribution in [0.2, 0.25) is 0 Å². The van der Waals surface area contributed by atoms with E-state index in [1.807, 2.05) is 6.07 Å². The van der Waals surface area contributed by atoms with Gasteiger partial charge in [-0.15, -0.1) is 0 Å². The number of hydrogen-bond donors (Lipinski definition) is 1. The van der Waals surface area contributed by atoms with Crippen LogP contribution in [0, 0.1) is 5.82 Å². The van der Waals surface area contributed by atoms with Crippen molar-refractivity contribution in [1.29, 1.82) is 0 Å². The minimum Gasteiger partial charge on any atom is -0.324 e. The molecular weight excluding hydrogens is 221 g/mol. The van der Waals surface area contributed by atoms with Crippen molar-refractivity contribution in [3.63, 3.8) is 0 Å². The minimum atomic E-state index is -0.217. The molecule has 1 aromatic rings. The lowest BCUT2D eigenvalue weighted by Gasteiger charge is -2.04. The summed E-state index contributed by atoms with van der Waals surface area (Å²) < 4.78 is 13.6. The highest BCUT2D eigenvalue weighted by Gasteiger charge is 2.20. The zero-order valence-electron chi connectivity index (χ0n) is 6.48. The third-order valence-corrected chi connectivity index (χ3v) is 2.91. The van der Waals surface area contributed by atoms with Crippen molar-refractivity contribution in [3.05, 3.63) is 33.5 Å². The zero-order valence-corrected chi connectivity index (χ0v) is 8.07. The van der Waals surface area contributed by atoms with Gasteiger partial charge >= 0.3 is 0 Å². The van der Waals surface area contributed by atoms with E-state index in [1.165, 1.54) is 11.6 Å². The van der Waals surface area contributed by atoms with Crippen LogP contribution in [0.15, 0.2) is 16.6 Å². The van der Waals surface area contributed by atoms with Crippen LogP contribution in [0.5, 0.6) is 0 Å². The number of halogens is 2. The van der Waals surface area contributed by atoms with Gasteiger partial charge in [0.15, 0.2) is 0 Å². The van der Waals surface area contributed by atoms with Crippen LogP contribution in [0.25, 0.3) is 0 Å². The molecule has 0 radical (unpaired) electrons. The summed E-state index contributed by atoms with van der Waals surface area (Å²) in [6.07, 6.45) is 1.90. The average molecular weight is 230 g/mol. The van der Waals surface area contributed by atoms with Crippen molar-refractivity contribution in [3.8, 4) is 0 Å². The first-order valence-corrected chi connectivity index (χ1v) is 4.71. The fourth-order valence-electron chi connectivity index (χ4n) is 1.63. The number of rotatable bonds is 0. The Balaban J connectivity index is 2.56. The van der Waals surface area contributed by atoms with Gasteiger partial charge in [0.1, 0.15) is 5.82 Å². The highest BCUT2D eigenvalue weighted by molar-refractivity contribution is 9.10. The van der Waals surface area contributed by atoms with E-state index in [1.54, 1.807) is 0 Å². The second-order valence-corrected chi connectivity index (χ2v) is 3.96. The molecule has 0 heterocycles. The summed E-state index contributed by atoms with van der Waals surface area (Å²) in [5.74, 6) is -0.217. The van der Waals surface area contributed by atoms with Crippen molar-refractivity contribution < 1.29 is 4.39 Å². The van der Waals surface area contributed by atoms with Gasteiger partial charge in [0.2, 0.25) is 0 Å². The van der Waals surface area contributed by atoms with Gasteiger partial charge < -0.3 is 5.73 Å². The van der Waals surface area contributed by atoms with Crippen LogP contribution in [0.1, 0.15) is 23.6 Å². The lowest BCUT2D eigenvalue weighted by Crippen LogP contribution is -2.05. The van der Waals surface area contributed by atoms with Gasteiger partial charge in [-0.2, -0.15) is 0 Å². The Morgan fingerprint density at radius 1 is 1.50 bits per heavy atom. The Labute approximate surface area is 78.9 Å². The molecule has 1 atom stereocenters. The second kappa shape index (κ2) is 2.82. The van der Waals surface area contributed by atoms with Gasteiger partial charge in [0.05, 0.1) is 4.47 Å². The predicted molar refractivity (Wildman–Crippen MR) is 49.3 cm³/mol. The van der Waals surface area contributed by atoms with Crippen LogP contribution in [0.3, 0.4) is 0 Å². The normalized spacial score (nSPS) is 21.1. The predicted octanol–water partition coefficient (Wildman–Crippen LogP) is 2.53. The molecule has 1 aliphatic rings. The van der Waals surface area contributed by atoms with Crippen molar-refractivity contribution >= 4 is 15.9 Å². The van der Waals surface area contributed by atoms with E-state index < -0.39 is 0 Å². The third-order valence-electron chi connectivity index (χ3n) is 2.31. The number of benzene rings is 1. The molecule has 0 bridgehead atoms. The molecule has 0 aromatic heterocycles. The van der Waals surface area contributed by atoms with Crippen LogP contribution in [0.4, 0.5) is 4.39 Å². The molecule has 1 aliphatic carbocycles. The largest absolute Gasteiger partial charge is 0.324 e. The van der Waals surface area contributed by atoms with Gasteiger partial charge in [0, 0.05) is 6.04 Å². The second-order valence-electron chi connectivity index (χ2n) is 3.11. The standard InChI is InChI=1S/C9H9BrFN/c10-7-3-5-1-2-9(12)6(5)4-8(7)11/h3-4,9H,1-2,12H2/t9-/m1/s1. The molecule has 2 rings (SSSR count). The van der Waals surface area contributed by atoms with Gasteiger partial charge in [0.25, 0.3) is 0 Å². The molecule has 0 saturated carbocycles. The van der Waals surface area contributed by atoms with E-state index in [0.717, 1.165) is 18.4 Å². The van der Waals surface area contributed by atoms with Crippen LogP contribution in [-0.4, -0.2) is 0 Å². The summed E-state index contributed by atoms with van der Waals surface area (Å²) in [4.78, 5) is 0. The molecule has 0 saturated heterocycles. The number of fused-ring (bicyclic) bond motifs is 1. The summed E-state index contributed by atoms with van der Waals surface area (Å²) in [7, 11) is 0. The summed E-state index contributed by atoms with van der Waals surface area (Å²) in [5.41, 5.74) is 7.93. The molecule has 3 heteroatoms. The van der Waals surface area contributed by atoms with Crippen LogP contribution in [-0.2, 0) is 6.42 Å². The first-order valence-electron chi connectivity index (χ1n) is 3.92. The molecule has 0 spiro atoms. The lowest BCUT2D eigenvalue weighted by atomic mass is 10.1. The summed E-state index contributed by atoms with van der Waals surface area (Å²) >= 11 is 3.15. The average Bonchev–Trinajstić information content (AvgIpc) is 2.35. The molecule has 0 amide bonds. The fourth-order valence-corrected chi connectivity index (χ4v) is 2.02. The zero-order chi connectivity index (χ0) is 8.72. The molecule has 0 unspecified atom stereocenters. The number of aryl methyl sites for hydroxylation is 1. The lowest BCUT2D eigenvalue weighted by molar-refractivity contribution is 0.615. The maximum atomic E-state index is 13.0. The van der Waals surface area contributed by atoms with E-state index in [-0.39, 0.29) is 11.9 Å². The number of hydrogen-bond acceptors (Lipinski definition) is 1. The van der Waals surface area contributed by atoms with Gasteiger partial charge in [-0.3, -0.25) is 0 Å². The van der Waals surface area contributed by atoms with E-state index in [2.05, 4.69) is 15.9 Å². The Kier molecular flexibility index (Phi) is 1.93. The smallest absolute Gasteiger partial charge is 0.137 e. The van der Waals surface area contributed by atoms with E-state index in [9.17, 15) is 4.39 Å². The molecule has 0 fully saturated rings. The highest BCUT2D eigenvalue weighted by Crippen LogP contribution is 2.32. The summed E-state index contributed by atoms with van der Waals surface area (Å²) in [5, 5.41) is 0. The molecule has 12 heavy (non-hydrogen) atoms. The van der Waals surface area contributed by atoms with Crippen LogP contribution < -0.4 is 5.73 Å². The van der Waals surface area contributed by atoms with E-state index >= 15 is 0 Å². The Morgan fingerprint density at radius 3 is 3.00 bits per heavy atom. The molecular formula is C9H9BrFN. The topological polar surface area (TPSA) is 26.0 Å². The Bertz CT molecular complexity index is 325. The molecule has 1 aromatic carbocycles. The van der Waals surface area contributed by atoms with Gasteiger partial charge in [-0.05, 0) is 52.0 Å². The van der Waals surface area contributed by atoms with Gasteiger partial charge in [-0.25, -0.2) is 4.39 Å². The fraction of sp³-hybridized carbons (Fsp3) is 0.333. The first-order chi connectivity index (χ1) is 5.68. The number of nitrogens with two attached hydrogens (primary N) is 1.